The molecule has 4 nitrogen and oxygen atoms in total. The van der Waals surface area contributed by atoms with E-state index in [0.29, 0.717) is 24.4 Å². The van der Waals surface area contributed by atoms with E-state index in [1.165, 1.54) is 0 Å². The van der Waals surface area contributed by atoms with Crippen LogP contribution < -0.4 is 10.6 Å². The highest BCUT2D eigenvalue weighted by Gasteiger charge is 2.26. The van der Waals surface area contributed by atoms with Gasteiger partial charge in [-0.05, 0) is 24.1 Å². The standard InChI is InChI=1S/C12H12BrClN2O2/c13-8-2-1-7(9(14)5-8)6-15-12(18)10-3-4-11(17)16-10/h1-2,5,10H,3-4,6H2,(H,15,18)(H,16,17)/t10-/m1/s1. The minimum absolute atomic E-state index is 0.0724. The second-order valence-corrected chi connectivity index (χ2v) is 5.44. The number of carbonyl (C=O) groups excluding carboxylic acids is 2. The zero-order valence-electron chi connectivity index (χ0n) is 9.50. The third-order valence-corrected chi connectivity index (χ3v) is 3.63. The monoisotopic (exact) mass is 330 g/mol. The fraction of sp³-hybridized carbons (Fsp3) is 0.333. The summed E-state index contributed by atoms with van der Waals surface area (Å²) in [5.74, 6) is -0.239. The van der Waals surface area contributed by atoms with Crippen LogP contribution in [0.2, 0.25) is 5.02 Å². The topological polar surface area (TPSA) is 58.2 Å². The van der Waals surface area contributed by atoms with Gasteiger partial charge in [0.05, 0.1) is 0 Å². The molecular formula is C12H12BrClN2O2. The summed E-state index contributed by atoms with van der Waals surface area (Å²) in [6.07, 6.45) is 0.968. The van der Waals surface area contributed by atoms with Crippen LogP contribution in [-0.2, 0) is 16.1 Å². The molecule has 1 aromatic rings. The Morgan fingerprint density at radius 2 is 2.33 bits per heavy atom. The average Bonchev–Trinajstić information content (AvgIpc) is 2.74. The molecule has 0 aliphatic carbocycles. The lowest BCUT2D eigenvalue weighted by atomic mass is 10.2. The Balaban J connectivity index is 1.91. The maximum Gasteiger partial charge on any atom is 0.242 e. The molecule has 0 unspecified atom stereocenters. The molecule has 1 heterocycles. The van der Waals surface area contributed by atoms with Crippen LogP contribution in [-0.4, -0.2) is 17.9 Å². The molecule has 2 amide bonds. The first-order chi connectivity index (χ1) is 8.56. The van der Waals surface area contributed by atoms with E-state index in [4.69, 9.17) is 11.6 Å². The van der Waals surface area contributed by atoms with Crippen molar-refractivity contribution in [2.24, 2.45) is 0 Å². The number of benzene rings is 1. The summed E-state index contributed by atoms with van der Waals surface area (Å²) >= 11 is 9.36. The Kier molecular flexibility index (Phi) is 4.24. The summed E-state index contributed by atoms with van der Waals surface area (Å²) in [5, 5.41) is 5.99. The van der Waals surface area contributed by atoms with Gasteiger partial charge in [-0.25, -0.2) is 0 Å². The average molecular weight is 332 g/mol. The van der Waals surface area contributed by atoms with E-state index in [0.717, 1.165) is 10.0 Å². The Bertz CT molecular complexity index is 493. The second-order valence-electron chi connectivity index (χ2n) is 4.11. The van der Waals surface area contributed by atoms with Crippen molar-refractivity contribution in [2.75, 3.05) is 0 Å². The van der Waals surface area contributed by atoms with Gasteiger partial charge in [-0.3, -0.25) is 9.59 Å². The van der Waals surface area contributed by atoms with Crippen molar-refractivity contribution in [3.05, 3.63) is 33.3 Å². The van der Waals surface area contributed by atoms with Crippen LogP contribution in [0.5, 0.6) is 0 Å². The third kappa shape index (κ3) is 3.23. The minimum atomic E-state index is -0.410. The number of carbonyl (C=O) groups is 2. The van der Waals surface area contributed by atoms with Gasteiger partial charge in [-0.15, -0.1) is 0 Å². The van der Waals surface area contributed by atoms with Crippen LogP contribution >= 0.6 is 27.5 Å². The Morgan fingerprint density at radius 3 is 2.94 bits per heavy atom. The van der Waals surface area contributed by atoms with Crippen LogP contribution in [0, 0.1) is 0 Å². The molecule has 0 radical (unpaired) electrons. The van der Waals surface area contributed by atoms with Crippen molar-refractivity contribution in [2.45, 2.75) is 25.4 Å². The van der Waals surface area contributed by atoms with Crippen LogP contribution in [0.3, 0.4) is 0 Å². The van der Waals surface area contributed by atoms with E-state index in [1.54, 1.807) is 6.07 Å². The smallest absolute Gasteiger partial charge is 0.242 e. The van der Waals surface area contributed by atoms with E-state index in [1.807, 2.05) is 12.1 Å². The van der Waals surface area contributed by atoms with E-state index in [-0.39, 0.29) is 11.8 Å². The van der Waals surface area contributed by atoms with Gasteiger partial charge < -0.3 is 10.6 Å². The summed E-state index contributed by atoms with van der Waals surface area (Å²) in [4.78, 5) is 22.8. The van der Waals surface area contributed by atoms with Gasteiger partial charge >= 0.3 is 0 Å². The highest BCUT2D eigenvalue weighted by atomic mass is 79.9. The van der Waals surface area contributed by atoms with Gasteiger partial charge in [0.15, 0.2) is 0 Å². The number of nitrogens with one attached hydrogen (secondary N) is 2. The fourth-order valence-corrected chi connectivity index (χ4v) is 2.52. The number of rotatable bonds is 3. The third-order valence-electron chi connectivity index (χ3n) is 2.78. The summed E-state index contributed by atoms with van der Waals surface area (Å²) in [6.45, 7) is 0.358. The maximum absolute atomic E-state index is 11.8. The zero-order valence-corrected chi connectivity index (χ0v) is 11.8. The predicted octanol–water partition coefficient (Wildman–Crippen LogP) is 2.00. The molecule has 0 saturated carbocycles. The lowest BCUT2D eigenvalue weighted by Crippen LogP contribution is -2.41. The molecule has 1 aliphatic rings. The highest BCUT2D eigenvalue weighted by Crippen LogP contribution is 2.21. The number of hydrogen-bond acceptors (Lipinski definition) is 2. The lowest BCUT2D eigenvalue weighted by Gasteiger charge is -2.11. The maximum atomic E-state index is 11.8. The van der Waals surface area contributed by atoms with Crippen molar-refractivity contribution >= 4 is 39.3 Å². The Labute approximate surface area is 118 Å². The zero-order chi connectivity index (χ0) is 13.1. The van der Waals surface area contributed by atoms with Crippen molar-refractivity contribution in [3.8, 4) is 0 Å². The molecule has 1 fully saturated rings. The molecule has 1 aliphatic heterocycles. The number of amides is 2. The van der Waals surface area contributed by atoms with Crippen LogP contribution in [0.25, 0.3) is 0 Å². The van der Waals surface area contributed by atoms with Crippen molar-refractivity contribution in [3.63, 3.8) is 0 Å². The van der Waals surface area contributed by atoms with Gasteiger partial charge in [0.25, 0.3) is 0 Å². The van der Waals surface area contributed by atoms with Gasteiger partial charge in [-0.1, -0.05) is 33.6 Å². The molecule has 0 bridgehead atoms. The van der Waals surface area contributed by atoms with E-state index < -0.39 is 6.04 Å². The Morgan fingerprint density at radius 1 is 1.56 bits per heavy atom. The van der Waals surface area contributed by atoms with Gasteiger partial charge in [0.1, 0.15) is 6.04 Å². The summed E-state index contributed by atoms with van der Waals surface area (Å²) in [7, 11) is 0. The summed E-state index contributed by atoms with van der Waals surface area (Å²) in [6, 6.07) is 5.08. The van der Waals surface area contributed by atoms with Crippen LogP contribution in [0.4, 0.5) is 0 Å². The van der Waals surface area contributed by atoms with Crippen molar-refractivity contribution in [1.29, 1.82) is 0 Å². The molecule has 2 rings (SSSR count). The molecule has 0 aromatic heterocycles. The molecule has 0 spiro atoms. The minimum Gasteiger partial charge on any atom is -0.350 e. The van der Waals surface area contributed by atoms with Crippen LogP contribution in [0.15, 0.2) is 22.7 Å². The SMILES string of the molecule is O=C1CC[C@H](C(=O)NCc2ccc(Br)cc2Cl)N1. The Hall–Kier alpha value is -1.07. The number of hydrogen-bond donors (Lipinski definition) is 2. The quantitative estimate of drug-likeness (QED) is 0.890. The van der Waals surface area contributed by atoms with Gasteiger partial charge in [-0.2, -0.15) is 0 Å². The van der Waals surface area contributed by atoms with Gasteiger partial charge in [0, 0.05) is 22.5 Å². The molecule has 18 heavy (non-hydrogen) atoms. The first kappa shape index (κ1) is 13.4. The fourth-order valence-electron chi connectivity index (χ4n) is 1.78. The number of halogens is 2. The molecular weight excluding hydrogens is 320 g/mol. The summed E-state index contributed by atoms with van der Waals surface area (Å²) < 4.78 is 0.894. The van der Waals surface area contributed by atoms with Crippen molar-refractivity contribution in [1.82, 2.24) is 10.6 Å². The van der Waals surface area contributed by atoms with Crippen LogP contribution in [0.1, 0.15) is 18.4 Å². The van der Waals surface area contributed by atoms with Gasteiger partial charge in [0.2, 0.25) is 11.8 Å². The molecule has 6 heteroatoms. The first-order valence-electron chi connectivity index (χ1n) is 5.57. The highest BCUT2D eigenvalue weighted by molar-refractivity contribution is 9.10. The second kappa shape index (κ2) is 5.71. The molecule has 1 atom stereocenters. The summed E-state index contributed by atoms with van der Waals surface area (Å²) in [5.41, 5.74) is 0.845. The van der Waals surface area contributed by atoms with E-state index in [2.05, 4.69) is 26.6 Å². The molecule has 1 aromatic carbocycles. The first-order valence-corrected chi connectivity index (χ1v) is 6.74. The van der Waals surface area contributed by atoms with Crippen molar-refractivity contribution < 1.29 is 9.59 Å². The van der Waals surface area contributed by atoms with E-state index >= 15 is 0 Å². The normalized spacial score (nSPS) is 18.6. The lowest BCUT2D eigenvalue weighted by molar-refractivity contribution is -0.125. The largest absolute Gasteiger partial charge is 0.350 e. The predicted molar refractivity (Wildman–Crippen MR) is 72.2 cm³/mol. The molecule has 2 N–H and O–H groups in total. The van der Waals surface area contributed by atoms with E-state index in [9.17, 15) is 9.59 Å². The molecule has 96 valence electrons. The molecule has 1 saturated heterocycles.